The van der Waals surface area contributed by atoms with Crippen LogP contribution in [-0.4, -0.2) is 23.9 Å². The van der Waals surface area contributed by atoms with E-state index in [1.165, 1.54) is 24.4 Å². The minimum atomic E-state index is -0.879. The number of hydrogen-bond acceptors (Lipinski definition) is 5. The van der Waals surface area contributed by atoms with Crippen molar-refractivity contribution < 1.29 is 18.8 Å². The summed E-state index contributed by atoms with van der Waals surface area (Å²) in [6.45, 7) is -0.0211. The Labute approximate surface area is 187 Å². The highest BCUT2D eigenvalue weighted by Gasteiger charge is 2.15. The first-order valence-electron chi connectivity index (χ1n) is 8.93. The van der Waals surface area contributed by atoms with E-state index in [-0.39, 0.29) is 12.5 Å². The molecule has 0 radical (unpaired) electrons. The monoisotopic (exact) mass is 458 g/mol. The van der Waals surface area contributed by atoms with Crippen LogP contribution in [0.2, 0.25) is 10.0 Å². The molecule has 0 aliphatic rings. The Morgan fingerprint density at radius 3 is 2.35 bits per heavy atom. The molecule has 1 aromatic heterocycles. The van der Waals surface area contributed by atoms with Gasteiger partial charge in [-0.1, -0.05) is 41.4 Å². The molecule has 0 fully saturated rings. The van der Waals surface area contributed by atoms with Gasteiger partial charge in [0, 0.05) is 21.3 Å². The van der Waals surface area contributed by atoms with Crippen LogP contribution < -0.4 is 16.1 Å². The van der Waals surface area contributed by atoms with Crippen LogP contribution in [0.1, 0.15) is 21.9 Å². The summed E-state index contributed by atoms with van der Waals surface area (Å²) in [5.41, 5.74) is 3.15. The molecule has 0 atom stereocenters. The Kier molecular flexibility index (Phi) is 7.42. The number of furan rings is 1. The largest absolute Gasteiger partial charge is 0.458 e. The zero-order valence-corrected chi connectivity index (χ0v) is 17.4. The molecular weight excluding hydrogens is 443 g/mol. The molecule has 0 aliphatic carbocycles. The number of hydrogen-bond donors (Lipinski definition) is 3. The van der Waals surface area contributed by atoms with Crippen molar-refractivity contribution in [2.45, 2.75) is 6.54 Å². The van der Waals surface area contributed by atoms with E-state index in [1.54, 1.807) is 42.5 Å². The third-order valence-corrected chi connectivity index (χ3v) is 4.26. The van der Waals surface area contributed by atoms with Gasteiger partial charge < -0.3 is 15.1 Å². The summed E-state index contributed by atoms with van der Waals surface area (Å²) in [6, 6.07) is 16.3. The molecular formula is C21H16Cl2N4O4. The molecule has 3 aromatic rings. The fraction of sp³-hybridized carbons (Fsp3) is 0.0476. The predicted octanol–water partition coefficient (Wildman–Crippen LogP) is 3.61. The van der Waals surface area contributed by atoms with Gasteiger partial charge in [0.2, 0.25) is 0 Å². The number of nitrogens with one attached hydrogen (secondary N) is 3. The molecule has 0 saturated carbocycles. The van der Waals surface area contributed by atoms with E-state index >= 15 is 0 Å². The van der Waals surface area contributed by atoms with Crippen molar-refractivity contribution in [2.24, 2.45) is 5.10 Å². The van der Waals surface area contributed by atoms with Crippen LogP contribution in [0.15, 0.2) is 70.2 Å². The summed E-state index contributed by atoms with van der Waals surface area (Å²) in [7, 11) is 0. The van der Waals surface area contributed by atoms with Crippen molar-refractivity contribution in [2.75, 3.05) is 5.32 Å². The van der Waals surface area contributed by atoms with Crippen molar-refractivity contribution in [3.63, 3.8) is 0 Å². The molecule has 0 bridgehead atoms. The second-order valence-corrected chi connectivity index (χ2v) is 7.04. The van der Waals surface area contributed by atoms with Crippen LogP contribution in [0.25, 0.3) is 0 Å². The lowest BCUT2D eigenvalue weighted by molar-refractivity contribution is -0.136. The minimum absolute atomic E-state index is 0.0211. The fourth-order valence-electron chi connectivity index (χ4n) is 2.43. The van der Waals surface area contributed by atoms with Gasteiger partial charge in [-0.25, -0.2) is 5.43 Å². The number of carbonyl (C=O) groups excluding carboxylic acids is 3. The van der Waals surface area contributed by atoms with E-state index < -0.39 is 11.8 Å². The zero-order valence-electron chi connectivity index (χ0n) is 15.9. The van der Waals surface area contributed by atoms with Crippen molar-refractivity contribution in [3.05, 3.63) is 87.8 Å². The molecule has 0 spiro atoms. The van der Waals surface area contributed by atoms with Crippen LogP contribution in [0, 0.1) is 0 Å². The zero-order chi connectivity index (χ0) is 22.2. The van der Waals surface area contributed by atoms with E-state index in [9.17, 15) is 14.4 Å². The molecule has 0 unspecified atom stereocenters. The van der Waals surface area contributed by atoms with E-state index in [0.717, 1.165) is 0 Å². The molecule has 2 aromatic carbocycles. The Bertz CT molecular complexity index is 1110. The SMILES string of the molecule is O=C(NCc1ccc(/C=N\NC(=O)c2ccccc2)o1)C(=O)Nc1cc(Cl)cc(Cl)c1. The van der Waals surface area contributed by atoms with Gasteiger partial charge in [-0.2, -0.15) is 5.10 Å². The van der Waals surface area contributed by atoms with Gasteiger partial charge >= 0.3 is 11.8 Å². The highest BCUT2D eigenvalue weighted by Crippen LogP contribution is 2.22. The molecule has 10 heteroatoms. The van der Waals surface area contributed by atoms with Crippen LogP contribution in [0.5, 0.6) is 0 Å². The Morgan fingerprint density at radius 1 is 0.935 bits per heavy atom. The number of anilines is 1. The molecule has 1 heterocycles. The third-order valence-electron chi connectivity index (χ3n) is 3.83. The number of benzene rings is 2. The lowest BCUT2D eigenvalue weighted by Gasteiger charge is -2.06. The number of halogens is 2. The van der Waals surface area contributed by atoms with Gasteiger partial charge in [0.15, 0.2) is 0 Å². The Balaban J connectivity index is 1.47. The van der Waals surface area contributed by atoms with Crippen molar-refractivity contribution in [3.8, 4) is 0 Å². The normalized spacial score (nSPS) is 10.6. The van der Waals surface area contributed by atoms with Crippen molar-refractivity contribution in [1.82, 2.24) is 10.7 Å². The molecule has 31 heavy (non-hydrogen) atoms. The summed E-state index contributed by atoms with van der Waals surface area (Å²) in [6.07, 6.45) is 1.32. The quantitative estimate of drug-likeness (QED) is 0.297. The maximum atomic E-state index is 12.0. The smallest absolute Gasteiger partial charge is 0.313 e. The van der Waals surface area contributed by atoms with E-state index in [1.807, 2.05) is 0 Å². The number of hydrazone groups is 1. The van der Waals surface area contributed by atoms with Crippen LogP contribution in [0.3, 0.4) is 0 Å². The second kappa shape index (κ2) is 10.4. The predicted molar refractivity (Wildman–Crippen MR) is 117 cm³/mol. The van der Waals surface area contributed by atoms with Gasteiger partial charge in [-0.05, 0) is 42.5 Å². The van der Waals surface area contributed by atoms with E-state index in [4.69, 9.17) is 27.6 Å². The van der Waals surface area contributed by atoms with Crippen LogP contribution >= 0.6 is 23.2 Å². The highest BCUT2D eigenvalue weighted by atomic mass is 35.5. The lowest BCUT2D eigenvalue weighted by atomic mass is 10.2. The molecule has 3 amide bonds. The van der Waals surface area contributed by atoms with Gasteiger partial charge in [0.25, 0.3) is 5.91 Å². The minimum Gasteiger partial charge on any atom is -0.458 e. The molecule has 3 rings (SSSR count). The van der Waals surface area contributed by atoms with E-state index in [2.05, 4.69) is 21.2 Å². The summed E-state index contributed by atoms with van der Waals surface area (Å²) in [5.74, 6) is -1.35. The summed E-state index contributed by atoms with van der Waals surface area (Å²) in [4.78, 5) is 35.9. The molecule has 158 valence electrons. The second-order valence-electron chi connectivity index (χ2n) is 6.16. The standard InChI is InChI=1S/C21H16Cl2N4O4/c22-14-8-15(23)10-16(9-14)26-21(30)20(29)24-11-17-6-7-18(31-17)12-25-27-19(28)13-4-2-1-3-5-13/h1-10,12H,11H2,(H,24,29)(H,26,30)(H,27,28)/b25-12-. The van der Waals surface area contributed by atoms with Crippen LogP contribution in [0.4, 0.5) is 5.69 Å². The first-order chi connectivity index (χ1) is 14.9. The highest BCUT2D eigenvalue weighted by molar-refractivity contribution is 6.40. The van der Waals surface area contributed by atoms with Crippen LogP contribution in [-0.2, 0) is 16.1 Å². The maximum Gasteiger partial charge on any atom is 0.313 e. The van der Waals surface area contributed by atoms with Crippen molar-refractivity contribution >= 4 is 52.8 Å². The molecule has 0 aliphatic heterocycles. The molecule has 8 nitrogen and oxygen atoms in total. The number of rotatable bonds is 6. The number of amides is 3. The average molecular weight is 459 g/mol. The Morgan fingerprint density at radius 2 is 1.65 bits per heavy atom. The van der Waals surface area contributed by atoms with Gasteiger partial charge in [0.1, 0.15) is 11.5 Å². The Hall–Kier alpha value is -3.62. The van der Waals surface area contributed by atoms with Crippen molar-refractivity contribution in [1.29, 1.82) is 0 Å². The molecule has 3 N–H and O–H groups in total. The van der Waals surface area contributed by atoms with Gasteiger partial charge in [0.05, 0.1) is 12.8 Å². The van der Waals surface area contributed by atoms with Gasteiger partial charge in [-0.15, -0.1) is 0 Å². The number of carbonyl (C=O) groups is 3. The molecule has 0 saturated heterocycles. The van der Waals surface area contributed by atoms with Gasteiger partial charge in [-0.3, -0.25) is 14.4 Å². The first kappa shape index (κ1) is 22.1. The summed E-state index contributed by atoms with van der Waals surface area (Å²) >= 11 is 11.7. The number of nitrogens with zero attached hydrogens (tertiary/aromatic N) is 1. The third kappa shape index (κ3) is 6.70. The maximum absolute atomic E-state index is 12.0. The fourth-order valence-corrected chi connectivity index (χ4v) is 2.96. The summed E-state index contributed by atoms with van der Waals surface area (Å²) in [5, 5.41) is 9.32. The summed E-state index contributed by atoms with van der Waals surface area (Å²) < 4.78 is 5.47. The lowest BCUT2D eigenvalue weighted by Crippen LogP contribution is -2.34. The first-order valence-corrected chi connectivity index (χ1v) is 9.69. The average Bonchev–Trinajstić information content (AvgIpc) is 3.19. The van der Waals surface area contributed by atoms with E-state index in [0.29, 0.717) is 32.8 Å². The topological polar surface area (TPSA) is 113 Å².